The molecule has 2 heterocycles. The molecule has 0 N–H and O–H groups in total. The summed E-state index contributed by atoms with van der Waals surface area (Å²) in [5.41, 5.74) is 5.17. The van der Waals surface area contributed by atoms with Crippen molar-refractivity contribution >= 4 is 43.6 Å². The summed E-state index contributed by atoms with van der Waals surface area (Å²) in [7, 11) is 3.93. The molecule has 4 heteroatoms. The van der Waals surface area contributed by atoms with E-state index < -0.39 is 0 Å². The van der Waals surface area contributed by atoms with E-state index >= 15 is 0 Å². The van der Waals surface area contributed by atoms with E-state index in [2.05, 4.69) is 0 Å². The second-order valence-electron chi connectivity index (χ2n) is 7.51. The van der Waals surface area contributed by atoms with Crippen LogP contribution in [0.2, 0.25) is 0 Å². The van der Waals surface area contributed by atoms with Crippen molar-refractivity contribution in [3.63, 3.8) is 0 Å². The van der Waals surface area contributed by atoms with Crippen molar-refractivity contribution in [2.45, 2.75) is 13.8 Å². The quantitative estimate of drug-likeness (QED) is 0.382. The molecule has 0 spiro atoms. The molecule has 0 fully saturated rings. The third-order valence-electron chi connectivity index (χ3n) is 6.08. The molecular weight excluding hydrogens is 348 g/mol. The second kappa shape index (κ2) is 5.55. The SMILES string of the molecule is Cc1c2c(=O)c3ccccc3n(C)c2c(C)c2c(=O)c3ccccc3n(C)c12. The van der Waals surface area contributed by atoms with Gasteiger partial charge in [-0.2, -0.15) is 0 Å². The van der Waals surface area contributed by atoms with Gasteiger partial charge < -0.3 is 9.13 Å². The van der Waals surface area contributed by atoms with Crippen molar-refractivity contribution in [2.75, 3.05) is 0 Å². The van der Waals surface area contributed by atoms with Crippen LogP contribution in [0, 0.1) is 13.8 Å². The molecule has 0 unspecified atom stereocenters. The molecule has 138 valence electrons. The van der Waals surface area contributed by atoms with Gasteiger partial charge in [0.1, 0.15) is 0 Å². The number of hydrogen-bond acceptors (Lipinski definition) is 2. The van der Waals surface area contributed by atoms with Gasteiger partial charge in [0.2, 0.25) is 0 Å². The zero-order valence-electron chi connectivity index (χ0n) is 16.3. The van der Waals surface area contributed by atoms with Crippen LogP contribution in [0.15, 0.2) is 58.1 Å². The number of aromatic nitrogens is 2. The predicted molar refractivity (Wildman–Crippen MR) is 116 cm³/mol. The first-order valence-electron chi connectivity index (χ1n) is 9.35. The molecule has 0 bridgehead atoms. The molecule has 4 nitrogen and oxygen atoms in total. The van der Waals surface area contributed by atoms with Gasteiger partial charge in [0.05, 0.1) is 32.8 Å². The van der Waals surface area contributed by atoms with Crippen LogP contribution in [0.3, 0.4) is 0 Å². The van der Waals surface area contributed by atoms with E-state index in [1.807, 2.05) is 85.6 Å². The van der Waals surface area contributed by atoms with Gasteiger partial charge in [0, 0.05) is 24.9 Å². The van der Waals surface area contributed by atoms with Crippen LogP contribution in [0.25, 0.3) is 43.6 Å². The molecule has 0 atom stereocenters. The van der Waals surface area contributed by atoms with E-state index in [4.69, 9.17) is 0 Å². The highest BCUT2D eigenvalue weighted by atomic mass is 16.1. The average Bonchev–Trinajstić information content (AvgIpc) is 2.71. The number of nitrogens with zero attached hydrogens (tertiary/aromatic N) is 2. The van der Waals surface area contributed by atoms with E-state index in [9.17, 15) is 9.59 Å². The van der Waals surface area contributed by atoms with Gasteiger partial charge in [0.15, 0.2) is 10.9 Å². The Bertz CT molecular complexity index is 1470. The number of rotatable bonds is 0. The zero-order valence-corrected chi connectivity index (χ0v) is 16.3. The van der Waals surface area contributed by atoms with Gasteiger partial charge in [-0.3, -0.25) is 9.59 Å². The molecular formula is C24H20N2O2. The second-order valence-corrected chi connectivity index (χ2v) is 7.51. The van der Waals surface area contributed by atoms with Gasteiger partial charge in [-0.1, -0.05) is 24.3 Å². The molecule has 0 saturated heterocycles. The Morgan fingerprint density at radius 2 is 0.964 bits per heavy atom. The summed E-state index contributed by atoms with van der Waals surface area (Å²) in [6.07, 6.45) is 0. The molecule has 2 aromatic heterocycles. The summed E-state index contributed by atoms with van der Waals surface area (Å²) in [4.78, 5) is 26.8. The van der Waals surface area contributed by atoms with Crippen molar-refractivity contribution in [3.8, 4) is 0 Å². The fraction of sp³-hybridized carbons (Fsp3) is 0.167. The Morgan fingerprint density at radius 3 is 1.36 bits per heavy atom. The highest BCUT2D eigenvalue weighted by Crippen LogP contribution is 2.32. The molecule has 5 aromatic rings. The van der Waals surface area contributed by atoms with Crippen LogP contribution >= 0.6 is 0 Å². The van der Waals surface area contributed by atoms with Crippen molar-refractivity contribution in [1.29, 1.82) is 0 Å². The fourth-order valence-electron chi connectivity index (χ4n) is 4.79. The Balaban J connectivity index is 2.23. The summed E-state index contributed by atoms with van der Waals surface area (Å²) < 4.78 is 4.09. The number of pyridine rings is 2. The van der Waals surface area contributed by atoms with Crippen molar-refractivity contribution in [1.82, 2.24) is 9.13 Å². The Kier molecular flexibility index (Phi) is 3.32. The number of fused-ring (bicyclic) bond motifs is 4. The smallest absolute Gasteiger partial charge is 0.197 e. The fourth-order valence-corrected chi connectivity index (χ4v) is 4.79. The highest BCUT2D eigenvalue weighted by molar-refractivity contribution is 6.08. The predicted octanol–water partition coefficient (Wildman–Crippen LogP) is 4.31. The van der Waals surface area contributed by atoms with E-state index in [0.29, 0.717) is 21.5 Å². The van der Waals surface area contributed by atoms with Gasteiger partial charge in [-0.15, -0.1) is 0 Å². The third kappa shape index (κ3) is 1.89. The first-order chi connectivity index (χ1) is 13.4. The largest absolute Gasteiger partial charge is 0.343 e. The van der Waals surface area contributed by atoms with Gasteiger partial charge in [0.25, 0.3) is 0 Å². The number of aryl methyl sites for hydroxylation is 4. The molecule has 0 aliphatic heterocycles. The lowest BCUT2D eigenvalue weighted by Gasteiger charge is -2.19. The molecule has 0 aliphatic carbocycles. The lowest BCUT2D eigenvalue weighted by molar-refractivity contribution is 0.984. The van der Waals surface area contributed by atoms with Gasteiger partial charge >= 0.3 is 0 Å². The van der Waals surface area contributed by atoms with Crippen LogP contribution in [-0.4, -0.2) is 9.13 Å². The molecule has 5 rings (SSSR count). The Hall–Kier alpha value is -3.40. The molecule has 0 aliphatic rings. The molecule has 0 amide bonds. The summed E-state index contributed by atoms with van der Waals surface area (Å²) >= 11 is 0. The molecule has 28 heavy (non-hydrogen) atoms. The van der Waals surface area contributed by atoms with E-state index in [-0.39, 0.29) is 10.9 Å². The normalized spacial score (nSPS) is 11.9. The number of para-hydroxylation sites is 2. The van der Waals surface area contributed by atoms with Crippen LogP contribution in [0.1, 0.15) is 11.1 Å². The van der Waals surface area contributed by atoms with Gasteiger partial charge in [-0.25, -0.2) is 0 Å². The van der Waals surface area contributed by atoms with E-state index in [1.165, 1.54) is 0 Å². The molecule has 3 aromatic carbocycles. The standard InChI is InChI=1S/C24H20N2O2/c1-13-19-22(26(4)18-12-8-5-9-15(18)23(19)27)14(2)20-21(13)25(3)17-11-7-6-10-16(17)24(20)28/h5-12H,1-4H3. The average molecular weight is 368 g/mol. The summed E-state index contributed by atoms with van der Waals surface area (Å²) in [5, 5.41) is 2.78. The Labute approximate surface area is 161 Å². The third-order valence-corrected chi connectivity index (χ3v) is 6.08. The summed E-state index contributed by atoms with van der Waals surface area (Å²) in [5.74, 6) is 0. The van der Waals surface area contributed by atoms with Crippen molar-refractivity contribution in [3.05, 3.63) is 80.1 Å². The Morgan fingerprint density at radius 1 is 0.607 bits per heavy atom. The maximum atomic E-state index is 13.4. The van der Waals surface area contributed by atoms with E-state index in [0.717, 1.165) is 33.2 Å². The highest BCUT2D eigenvalue weighted by Gasteiger charge is 2.20. The summed E-state index contributed by atoms with van der Waals surface area (Å²) in [6, 6.07) is 15.3. The topological polar surface area (TPSA) is 44.0 Å². The lowest BCUT2D eigenvalue weighted by Crippen LogP contribution is -2.17. The van der Waals surface area contributed by atoms with E-state index in [1.54, 1.807) is 0 Å². The first-order valence-corrected chi connectivity index (χ1v) is 9.35. The van der Waals surface area contributed by atoms with Crippen LogP contribution in [-0.2, 0) is 14.1 Å². The maximum Gasteiger partial charge on any atom is 0.197 e. The van der Waals surface area contributed by atoms with Crippen LogP contribution in [0.5, 0.6) is 0 Å². The zero-order chi connectivity index (χ0) is 19.7. The minimum Gasteiger partial charge on any atom is -0.343 e. The van der Waals surface area contributed by atoms with Crippen molar-refractivity contribution < 1.29 is 0 Å². The van der Waals surface area contributed by atoms with Crippen LogP contribution in [0.4, 0.5) is 0 Å². The first kappa shape index (κ1) is 16.8. The lowest BCUT2D eigenvalue weighted by atomic mass is 9.95. The molecule has 0 radical (unpaired) electrons. The minimum atomic E-state index is 0.0202. The van der Waals surface area contributed by atoms with Crippen molar-refractivity contribution in [2.24, 2.45) is 14.1 Å². The number of benzene rings is 3. The maximum absolute atomic E-state index is 13.4. The number of hydrogen-bond donors (Lipinski definition) is 0. The van der Waals surface area contributed by atoms with Gasteiger partial charge in [-0.05, 0) is 49.2 Å². The summed E-state index contributed by atoms with van der Waals surface area (Å²) in [6.45, 7) is 3.91. The molecule has 0 saturated carbocycles. The minimum absolute atomic E-state index is 0.0202. The monoisotopic (exact) mass is 368 g/mol. The van der Waals surface area contributed by atoms with Crippen LogP contribution < -0.4 is 10.9 Å².